The third kappa shape index (κ3) is 44.3. The van der Waals surface area contributed by atoms with E-state index in [1.807, 2.05) is 27.2 Å². The lowest BCUT2D eigenvalue weighted by molar-refractivity contribution is -0.870. The van der Waals surface area contributed by atoms with Gasteiger partial charge in [-0.3, -0.25) is 13.8 Å². The number of phosphoric ester groups is 1. The molecule has 3 unspecified atom stereocenters. The zero-order valence-corrected chi connectivity index (χ0v) is 40.6. The minimum atomic E-state index is -4.34. The number of hydrogen-bond acceptors (Lipinski definition) is 5. The summed E-state index contributed by atoms with van der Waals surface area (Å²) in [4.78, 5) is 23.1. The third-order valence-electron chi connectivity index (χ3n) is 10.7. The van der Waals surface area contributed by atoms with Crippen molar-refractivity contribution in [2.45, 2.75) is 219 Å². The molecule has 0 aliphatic carbocycles. The van der Waals surface area contributed by atoms with Crippen molar-refractivity contribution in [1.29, 1.82) is 0 Å². The largest absolute Gasteiger partial charge is 0.472 e. The first-order valence-corrected chi connectivity index (χ1v) is 26.2. The average Bonchev–Trinajstić information content (AvgIpc) is 3.20. The lowest BCUT2D eigenvalue weighted by atomic mass is 10.0. The van der Waals surface area contributed by atoms with Crippen molar-refractivity contribution in [1.82, 2.24) is 5.32 Å². The van der Waals surface area contributed by atoms with Crippen LogP contribution in [0.1, 0.15) is 206 Å². The predicted octanol–water partition coefficient (Wildman–Crippen LogP) is 14.2. The molecular formula is C51H96N2O6P+. The van der Waals surface area contributed by atoms with Gasteiger partial charge in [0.2, 0.25) is 5.91 Å². The molecule has 0 saturated carbocycles. The number of phosphoric acid groups is 1. The summed E-state index contributed by atoms with van der Waals surface area (Å²) in [5, 5.41) is 13.7. The Bertz CT molecular complexity index is 1160. The quantitative estimate of drug-likeness (QED) is 0.0244. The Morgan fingerprint density at radius 1 is 0.567 bits per heavy atom. The molecule has 0 spiro atoms. The number of allylic oxidation sites excluding steroid dienone is 9. The topological polar surface area (TPSA) is 105 Å². The molecule has 350 valence electrons. The SMILES string of the molecule is CCCCC/C=C/CC/C=C/C(O)C(COP(=O)(O)OCC[N+](C)(C)C)NC(=O)CCCCCCCCCCCCCCCC/C=C\C/C=C\C/C=C\CCCCCCC. The second-order valence-electron chi connectivity index (χ2n) is 17.8. The van der Waals surface area contributed by atoms with Crippen LogP contribution in [0.2, 0.25) is 0 Å². The second-order valence-corrected chi connectivity index (χ2v) is 19.3. The van der Waals surface area contributed by atoms with E-state index in [1.165, 1.54) is 135 Å². The van der Waals surface area contributed by atoms with Crippen LogP contribution in [0.15, 0.2) is 60.8 Å². The number of unbranched alkanes of at least 4 members (excludes halogenated alkanes) is 23. The summed E-state index contributed by atoms with van der Waals surface area (Å²) in [5.74, 6) is -0.192. The summed E-state index contributed by atoms with van der Waals surface area (Å²) in [6, 6.07) is -0.863. The molecule has 0 aromatic heterocycles. The number of nitrogens with zero attached hydrogens (tertiary/aromatic N) is 1. The molecule has 0 bridgehead atoms. The fourth-order valence-electron chi connectivity index (χ4n) is 6.77. The zero-order valence-electron chi connectivity index (χ0n) is 39.7. The number of carbonyl (C=O) groups is 1. The molecule has 0 fully saturated rings. The van der Waals surface area contributed by atoms with Gasteiger partial charge in [0.25, 0.3) is 0 Å². The fraction of sp³-hybridized carbons (Fsp3) is 0.784. The average molecular weight is 864 g/mol. The first kappa shape index (κ1) is 58.2. The maximum Gasteiger partial charge on any atom is 0.472 e. The Labute approximate surface area is 371 Å². The minimum Gasteiger partial charge on any atom is -0.387 e. The van der Waals surface area contributed by atoms with E-state index >= 15 is 0 Å². The van der Waals surface area contributed by atoms with Crippen molar-refractivity contribution in [3.8, 4) is 0 Å². The Hall–Kier alpha value is -1.80. The van der Waals surface area contributed by atoms with E-state index in [9.17, 15) is 19.4 Å². The number of aliphatic hydroxyl groups is 1. The van der Waals surface area contributed by atoms with Crippen LogP contribution in [0.25, 0.3) is 0 Å². The molecule has 0 heterocycles. The van der Waals surface area contributed by atoms with Crippen LogP contribution >= 0.6 is 7.82 Å². The molecule has 1 amide bonds. The maximum atomic E-state index is 12.9. The highest BCUT2D eigenvalue weighted by Crippen LogP contribution is 2.43. The van der Waals surface area contributed by atoms with Gasteiger partial charge in [0, 0.05) is 6.42 Å². The number of amides is 1. The van der Waals surface area contributed by atoms with Gasteiger partial charge in [-0.2, -0.15) is 0 Å². The lowest BCUT2D eigenvalue weighted by Gasteiger charge is -2.25. The highest BCUT2D eigenvalue weighted by Gasteiger charge is 2.27. The van der Waals surface area contributed by atoms with Gasteiger partial charge in [-0.25, -0.2) is 4.57 Å². The van der Waals surface area contributed by atoms with E-state index in [4.69, 9.17) is 9.05 Å². The van der Waals surface area contributed by atoms with E-state index in [1.54, 1.807) is 6.08 Å². The Morgan fingerprint density at radius 3 is 1.48 bits per heavy atom. The van der Waals surface area contributed by atoms with E-state index in [0.717, 1.165) is 51.4 Å². The van der Waals surface area contributed by atoms with Gasteiger partial charge < -0.3 is 19.8 Å². The van der Waals surface area contributed by atoms with Gasteiger partial charge in [-0.15, -0.1) is 0 Å². The van der Waals surface area contributed by atoms with Crippen LogP contribution in [-0.4, -0.2) is 73.4 Å². The van der Waals surface area contributed by atoms with Gasteiger partial charge in [0.15, 0.2) is 0 Å². The van der Waals surface area contributed by atoms with Crippen LogP contribution < -0.4 is 5.32 Å². The maximum absolute atomic E-state index is 12.9. The summed E-state index contributed by atoms with van der Waals surface area (Å²) >= 11 is 0. The van der Waals surface area contributed by atoms with Crippen molar-refractivity contribution in [2.24, 2.45) is 0 Å². The predicted molar refractivity (Wildman–Crippen MR) is 258 cm³/mol. The smallest absolute Gasteiger partial charge is 0.387 e. The fourth-order valence-corrected chi connectivity index (χ4v) is 7.50. The van der Waals surface area contributed by atoms with Crippen LogP contribution in [0.4, 0.5) is 0 Å². The molecule has 3 N–H and O–H groups in total. The van der Waals surface area contributed by atoms with Gasteiger partial charge in [0.1, 0.15) is 13.2 Å². The van der Waals surface area contributed by atoms with Gasteiger partial charge >= 0.3 is 7.82 Å². The number of quaternary nitrogens is 1. The number of aliphatic hydroxyl groups excluding tert-OH is 1. The number of nitrogens with one attached hydrogen (secondary N) is 1. The summed E-state index contributed by atoms with van der Waals surface area (Å²) in [6.07, 6.45) is 56.1. The zero-order chi connectivity index (χ0) is 44.3. The minimum absolute atomic E-state index is 0.0541. The monoisotopic (exact) mass is 864 g/mol. The normalized spacial score (nSPS) is 14.7. The van der Waals surface area contributed by atoms with Gasteiger partial charge in [-0.1, -0.05) is 190 Å². The first-order chi connectivity index (χ1) is 29.0. The second kappa shape index (κ2) is 42.5. The highest BCUT2D eigenvalue weighted by molar-refractivity contribution is 7.47. The van der Waals surface area contributed by atoms with Gasteiger partial charge in [0.05, 0.1) is 39.9 Å². The molecule has 9 heteroatoms. The number of likely N-dealkylation sites (N-methyl/N-ethyl adjacent to an activating group) is 1. The number of rotatable bonds is 44. The molecule has 0 aliphatic rings. The van der Waals surface area contributed by atoms with Crippen molar-refractivity contribution >= 4 is 13.7 Å². The summed E-state index contributed by atoms with van der Waals surface area (Å²) in [7, 11) is 1.55. The van der Waals surface area contributed by atoms with E-state index in [2.05, 4.69) is 67.8 Å². The standard InChI is InChI=1S/C51H95N2O6P/c1-6-8-10-12-14-16-17-18-19-20-21-22-23-24-25-26-27-28-29-30-31-32-33-34-35-37-39-41-43-45-51(55)52-49(48-59-60(56,57)58-47-46-53(3,4)5)50(54)44-42-40-38-36-15-13-11-9-7-2/h15,17-18,20-21,23-24,36,42,44,49-50,54H,6-14,16,19,22,25-35,37-41,43,45-48H2,1-5H3,(H-,52,55,56,57)/p+1/b18-17-,21-20-,24-23-,36-15+,44-42+. The van der Waals surface area contributed by atoms with Crippen molar-refractivity contribution in [2.75, 3.05) is 40.9 Å². The first-order valence-electron chi connectivity index (χ1n) is 24.7. The number of carbonyl (C=O) groups excluding carboxylic acids is 1. The van der Waals surface area contributed by atoms with Crippen molar-refractivity contribution < 1.29 is 32.9 Å². The van der Waals surface area contributed by atoms with E-state index in [-0.39, 0.29) is 19.1 Å². The molecule has 60 heavy (non-hydrogen) atoms. The van der Waals surface area contributed by atoms with Crippen LogP contribution in [0, 0.1) is 0 Å². The Kier molecular flexibility index (Phi) is 41.2. The summed E-state index contributed by atoms with van der Waals surface area (Å²) < 4.78 is 23.5. The van der Waals surface area contributed by atoms with Crippen molar-refractivity contribution in [3.05, 3.63) is 60.8 Å². The molecule has 0 aromatic carbocycles. The third-order valence-corrected chi connectivity index (χ3v) is 11.7. The Balaban J connectivity index is 4.08. The summed E-state index contributed by atoms with van der Waals surface area (Å²) in [5.41, 5.74) is 0. The molecule has 0 rings (SSSR count). The summed E-state index contributed by atoms with van der Waals surface area (Å²) in [6.45, 7) is 4.72. The molecule has 0 aliphatic heterocycles. The van der Waals surface area contributed by atoms with Crippen molar-refractivity contribution in [3.63, 3.8) is 0 Å². The molecular weight excluding hydrogens is 768 g/mol. The molecule has 0 radical (unpaired) electrons. The highest BCUT2D eigenvalue weighted by atomic mass is 31.2. The van der Waals surface area contributed by atoms with Crippen LogP contribution in [0.5, 0.6) is 0 Å². The Morgan fingerprint density at radius 2 is 0.967 bits per heavy atom. The molecule has 3 atom stereocenters. The molecule has 8 nitrogen and oxygen atoms in total. The number of hydrogen-bond donors (Lipinski definition) is 3. The van der Waals surface area contributed by atoms with Gasteiger partial charge in [-0.05, 0) is 70.6 Å². The molecule has 0 aromatic rings. The van der Waals surface area contributed by atoms with Crippen LogP contribution in [-0.2, 0) is 18.4 Å². The van der Waals surface area contributed by atoms with Crippen LogP contribution in [0.3, 0.4) is 0 Å². The van der Waals surface area contributed by atoms with E-state index in [0.29, 0.717) is 17.4 Å². The lowest BCUT2D eigenvalue weighted by Crippen LogP contribution is -2.45. The van der Waals surface area contributed by atoms with E-state index < -0.39 is 20.0 Å². The molecule has 0 saturated heterocycles.